The molecule has 0 spiro atoms. The molecule has 2 rings (SSSR count). The zero-order valence-corrected chi connectivity index (χ0v) is 11.1. The Morgan fingerprint density at radius 3 is 3.11 bits per heavy atom. The fourth-order valence-corrected chi connectivity index (χ4v) is 2.17. The number of nitrogens with two attached hydrogens (primary N) is 1. The summed E-state index contributed by atoms with van der Waals surface area (Å²) >= 11 is 0. The molecule has 4 heteroatoms. The molecule has 0 bridgehead atoms. The lowest BCUT2D eigenvalue weighted by molar-refractivity contribution is -0.117. The van der Waals surface area contributed by atoms with Crippen LogP contribution in [0.3, 0.4) is 0 Å². The molecule has 1 aliphatic heterocycles. The van der Waals surface area contributed by atoms with Gasteiger partial charge in [-0.15, -0.1) is 0 Å². The van der Waals surface area contributed by atoms with Crippen molar-refractivity contribution in [3.63, 3.8) is 0 Å². The smallest absolute Gasteiger partial charge is 0.244 e. The number of ether oxygens (including phenoxy) is 1. The summed E-state index contributed by atoms with van der Waals surface area (Å²) in [5.74, 6) is 0.339. The molecule has 19 heavy (non-hydrogen) atoms. The summed E-state index contributed by atoms with van der Waals surface area (Å²) < 4.78 is 5.32. The number of amides is 1. The summed E-state index contributed by atoms with van der Waals surface area (Å²) in [6, 6.07) is 7.57. The summed E-state index contributed by atoms with van der Waals surface area (Å²) in [5.41, 5.74) is 7.30. The predicted molar refractivity (Wildman–Crippen MR) is 76.4 cm³/mol. The van der Waals surface area contributed by atoms with Crippen LogP contribution in [0.4, 0.5) is 5.69 Å². The first-order valence-corrected chi connectivity index (χ1v) is 6.57. The number of rotatable bonds is 4. The Morgan fingerprint density at radius 2 is 2.42 bits per heavy atom. The van der Waals surface area contributed by atoms with E-state index in [1.807, 2.05) is 31.2 Å². The molecule has 0 aliphatic carbocycles. The minimum atomic E-state index is -0.0816. The zero-order chi connectivity index (χ0) is 13.7. The second-order valence-corrected chi connectivity index (χ2v) is 4.92. The third kappa shape index (κ3) is 4.10. The van der Waals surface area contributed by atoms with Gasteiger partial charge in [-0.3, -0.25) is 4.79 Å². The molecule has 0 saturated carbocycles. The molecule has 1 aliphatic rings. The molecule has 0 radical (unpaired) electrons. The van der Waals surface area contributed by atoms with Crippen molar-refractivity contribution in [3.05, 3.63) is 35.9 Å². The topological polar surface area (TPSA) is 64.4 Å². The number of carbonyl (C=O) groups excluding carboxylic acids is 1. The maximum Gasteiger partial charge on any atom is 0.244 e. The highest BCUT2D eigenvalue weighted by atomic mass is 16.5. The lowest BCUT2D eigenvalue weighted by Crippen LogP contribution is -2.37. The highest BCUT2D eigenvalue weighted by Gasteiger charge is 2.22. The molecule has 0 aromatic heterocycles. The van der Waals surface area contributed by atoms with Crippen molar-refractivity contribution in [1.29, 1.82) is 0 Å². The van der Waals surface area contributed by atoms with Gasteiger partial charge in [0.2, 0.25) is 5.91 Å². The Balaban J connectivity index is 1.86. The SMILES string of the molecule is CC(NC(=O)/C=C/c1cccc(N)c1)C1CCOC1. The molecule has 4 nitrogen and oxygen atoms in total. The number of anilines is 1. The predicted octanol–water partition coefficient (Wildman–Crippen LogP) is 1.82. The quantitative estimate of drug-likeness (QED) is 0.641. The lowest BCUT2D eigenvalue weighted by atomic mass is 10.0. The van der Waals surface area contributed by atoms with Gasteiger partial charge in [0.1, 0.15) is 0 Å². The Morgan fingerprint density at radius 1 is 1.58 bits per heavy atom. The van der Waals surface area contributed by atoms with Gasteiger partial charge in [-0.05, 0) is 37.1 Å². The molecule has 1 amide bonds. The molecule has 2 atom stereocenters. The maximum atomic E-state index is 11.8. The first kappa shape index (κ1) is 13.6. The minimum absolute atomic E-state index is 0.0816. The minimum Gasteiger partial charge on any atom is -0.399 e. The number of carbonyl (C=O) groups is 1. The Kier molecular flexibility index (Phi) is 4.58. The van der Waals surface area contributed by atoms with E-state index in [-0.39, 0.29) is 11.9 Å². The van der Waals surface area contributed by atoms with E-state index in [0.717, 1.165) is 25.2 Å². The number of nitrogen functional groups attached to an aromatic ring is 1. The standard InChI is InChI=1S/C15H20N2O2/c1-11(13-7-8-19-10-13)17-15(18)6-5-12-3-2-4-14(16)9-12/h2-6,9,11,13H,7-8,10,16H2,1H3,(H,17,18)/b6-5+. The van der Waals surface area contributed by atoms with Crippen LogP contribution in [0, 0.1) is 5.92 Å². The van der Waals surface area contributed by atoms with E-state index < -0.39 is 0 Å². The van der Waals surface area contributed by atoms with Crippen LogP contribution in [0.1, 0.15) is 18.9 Å². The van der Waals surface area contributed by atoms with E-state index >= 15 is 0 Å². The fraction of sp³-hybridized carbons (Fsp3) is 0.400. The molecule has 1 aromatic rings. The molecule has 1 fully saturated rings. The summed E-state index contributed by atoms with van der Waals surface area (Å²) in [4.78, 5) is 11.8. The van der Waals surface area contributed by atoms with E-state index in [2.05, 4.69) is 5.32 Å². The Bertz CT molecular complexity index is 465. The van der Waals surface area contributed by atoms with Gasteiger partial charge in [0.15, 0.2) is 0 Å². The van der Waals surface area contributed by atoms with E-state index in [4.69, 9.17) is 10.5 Å². The second-order valence-electron chi connectivity index (χ2n) is 4.92. The average molecular weight is 260 g/mol. The molecule has 102 valence electrons. The van der Waals surface area contributed by atoms with Gasteiger partial charge >= 0.3 is 0 Å². The Labute approximate surface area is 113 Å². The van der Waals surface area contributed by atoms with E-state index in [9.17, 15) is 4.79 Å². The average Bonchev–Trinajstić information content (AvgIpc) is 2.90. The number of benzene rings is 1. The van der Waals surface area contributed by atoms with Crippen LogP contribution in [0.5, 0.6) is 0 Å². The van der Waals surface area contributed by atoms with Gasteiger partial charge in [0.05, 0.1) is 6.61 Å². The van der Waals surface area contributed by atoms with Gasteiger partial charge in [0, 0.05) is 30.3 Å². The number of hydrogen-bond donors (Lipinski definition) is 2. The molecular weight excluding hydrogens is 240 g/mol. The first-order valence-electron chi connectivity index (χ1n) is 6.57. The van der Waals surface area contributed by atoms with Crippen molar-refractivity contribution in [2.75, 3.05) is 18.9 Å². The monoisotopic (exact) mass is 260 g/mol. The van der Waals surface area contributed by atoms with Crippen molar-refractivity contribution in [2.45, 2.75) is 19.4 Å². The van der Waals surface area contributed by atoms with E-state index in [0.29, 0.717) is 11.6 Å². The summed E-state index contributed by atoms with van der Waals surface area (Å²) in [7, 11) is 0. The highest BCUT2D eigenvalue weighted by Crippen LogP contribution is 2.16. The van der Waals surface area contributed by atoms with Gasteiger partial charge in [-0.2, -0.15) is 0 Å². The van der Waals surface area contributed by atoms with Crippen LogP contribution >= 0.6 is 0 Å². The van der Waals surface area contributed by atoms with Gasteiger partial charge in [0.25, 0.3) is 0 Å². The lowest BCUT2D eigenvalue weighted by Gasteiger charge is -2.18. The highest BCUT2D eigenvalue weighted by molar-refractivity contribution is 5.92. The molecule has 1 aromatic carbocycles. The van der Waals surface area contributed by atoms with E-state index in [1.165, 1.54) is 0 Å². The zero-order valence-electron chi connectivity index (χ0n) is 11.1. The summed E-state index contributed by atoms with van der Waals surface area (Å²) in [6.45, 7) is 3.55. The van der Waals surface area contributed by atoms with Crippen LogP contribution in [0.15, 0.2) is 30.3 Å². The van der Waals surface area contributed by atoms with E-state index in [1.54, 1.807) is 12.2 Å². The molecular formula is C15H20N2O2. The summed E-state index contributed by atoms with van der Waals surface area (Å²) in [6.07, 6.45) is 4.32. The van der Waals surface area contributed by atoms with Crippen LogP contribution in [0.25, 0.3) is 6.08 Å². The fourth-order valence-electron chi connectivity index (χ4n) is 2.17. The third-order valence-corrected chi connectivity index (χ3v) is 3.38. The van der Waals surface area contributed by atoms with Crippen LogP contribution in [-0.4, -0.2) is 25.2 Å². The Hall–Kier alpha value is -1.81. The largest absolute Gasteiger partial charge is 0.399 e. The third-order valence-electron chi connectivity index (χ3n) is 3.38. The van der Waals surface area contributed by atoms with Crippen molar-refractivity contribution < 1.29 is 9.53 Å². The number of nitrogens with one attached hydrogen (secondary N) is 1. The van der Waals surface area contributed by atoms with Crippen molar-refractivity contribution in [3.8, 4) is 0 Å². The van der Waals surface area contributed by atoms with Crippen LogP contribution in [-0.2, 0) is 9.53 Å². The van der Waals surface area contributed by atoms with Crippen LogP contribution in [0.2, 0.25) is 0 Å². The molecule has 2 unspecified atom stereocenters. The molecule has 1 saturated heterocycles. The summed E-state index contributed by atoms with van der Waals surface area (Å²) in [5, 5.41) is 2.97. The van der Waals surface area contributed by atoms with Gasteiger partial charge in [-0.25, -0.2) is 0 Å². The maximum absolute atomic E-state index is 11.8. The normalized spacial score (nSPS) is 20.6. The first-order chi connectivity index (χ1) is 9.15. The molecule has 3 N–H and O–H groups in total. The van der Waals surface area contributed by atoms with Crippen molar-refractivity contribution in [2.24, 2.45) is 5.92 Å². The van der Waals surface area contributed by atoms with Gasteiger partial charge < -0.3 is 15.8 Å². The molecule has 1 heterocycles. The van der Waals surface area contributed by atoms with Crippen LogP contribution < -0.4 is 11.1 Å². The second kappa shape index (κ2) is 6.38. The number of hydrogen-bond acceptors (Lipinski definition) is 3. The van der Waals surface area contributed by atoms with Crippen molar-refractivity contribution in [1.82, 2.24) is 5.32 Å². The van der Waals surface area contributed by atoms with Crippen molar-refractivity contribution >= 4 is 17.7 Å². The van der Waals surface area contributed by atoms with Gasteiger partial charge in [-0.1, -0.05) is 12.1 Å².